The molecule has 0 amide bonds. The molecule has 4 nitrogen and oxygen atoms in total. The van der Waals surface area contributed by atoms with Gasteiger partial charge in [-0.2, -0.15) is 0 Å². The smallest absolute Gasteiger partial charge is 0.253 e. The third-order valence-electron chi connectivity index (χ3n) is 6.05. The maximum atomic E-state index is 12.9. The normalized spacial score (nSPS) is 15.0. The number of hydrogen-bond donors (Lipinski definition) is 2. The lowest BCUT2D eigenvalue weighted by Gasteiger charge is -2.36. The van der Waals surface area contributed by atoms with E-state index in [4.69, 9.17) is 12.2 Å². The number of nitrogens with zero attached hydrogens (tertiary/aromatic N) is 1. The second-order valence-electron chi connectivity index (χ2n) is 8.10. The van der Waals surface area contributed by atoms with Crippen molar-refractivity contribution < 1.29 is 0 Å². The van der Waals surface area contributed by atoms with Crippen LogP contribution in [0.5, 0.6) is 0 Å². The third-order valence-corrected chi connectivity index (χ3v) is 6.43. The predicted molar refractivity (Wildman–Crippen MR) is 122 cm³/mol. The lowest BCUT2D eigenvalue weighted by Crippen LogP contribution is -2.47. The number of hydrogen-bond acceptors (Lipinski definition) is 2. The fourth-order valence-corrected chi connectivity index (χ4v) is 4.42. The molecule has 1 heterocycles. The van der Waals surface area contributed by atoms with Crippen LogP contribution in [-0.2, 0) is 6.54 Å². The van der Waals surface area contributed by atoms with E-state index in [0.717, 1.165) is 59.4 Å². The van der Waals surface area contributed by atoms with Gasteiger partial charge in [0.25, 0.3) is 5.56 Å². The monoisotopic (exact) mass is 399 g/mol. The standard InChI is InChI=1S/C23H33N3OS/c1-4-5-13-24-23(28)26(20-9-7-6-8-10-20)15-19-14-18-12-11-16(2)17(3)21(18)25-22(19)27/h11-12,14,20H,4-10,13,15H2,1-3H3,(H,24,28)(H,25,27). The second-order valence-corrected chi connectivity index (χ2v) is 8.49. The number of pyridine rings is 1. The minimum absolute atomic E-state index is 0.00151. The van der Waals surface area contributed by atoms with Crippen molar-refractivity contribution in [1.29, 1.82) is 0 Å². The Morgan fingerprint density at radius 2 is 2.00 bits per heavy atom. The Morgan fingerprint density at radius 1 is 1.25 bits per heavy atom. The van der Waals surface area contributed by atoms with Crippen LogP contribution in [0, 0.1) is 13.8 Å². The number of aromatic amines is 1. The van der Waals surface area contributed by atoms with Crippen molar-refractivity contribution in [2.45, 2.75) is 78.3 Å². The number of aryl methyl sites for hydroxylation is 2. The fourth-order valence-electron chi connectivity index (χ4n) is 4.10. The molecule has 2 N–H and O–H groups in total. The van der Waals surface area contributed by atoms with Crippen molar-refractivity contribution in [1.82, 2.24) is 15.2 Å². The van der Waals surface area contributed by atoms with Crippen LogP contribution in [0.15, 0.2) is 23.0 Å². The Labute approximate surface area is 173 Å². The van der Waals surface area contributed by atoms with Crippen LogP contribution in [0.1, 0.15) is 68.6 Å². The maximum Gasteiger partial charge on any atom is 0.253 e. The first-order valence-corrected chi connectivity index (χ1v) is 11.1. The number of nitrogens with one attached hydrogen (secondary N) is 2. The van der Waals surface area contributed by atoms with E-state index in [2.05, 4.69) is 48.1 Å². The summed E-state index contributed by atoms with van der Waals surface area (Å²) in [5.41, 5.74) is 4.07. The molecule has 1 saturated carbocycles. The minimum atomic E-state index is -0.00151. The van der Waals surface area contributed by atoms with Crippen LogP contribution in [0.3, 0.4) is 0 Å². The van der Waals surface area contributed by atoms with Gasteiger partial charge in [0.1, 0.15) is 0 Å². The Morgan fingerprint density at radius 3 is 2.71 bits per heavy atom. The molecule has 28 heavy (non-hydrogen) atoms. The Kier molecular flexibility index (Phi) is 7.11. The molecule has 2 aromatic rings. The molecule has 1 aromatic heterocycles. The number of thiocarbonyl (C=S) groups is 1. The van der Waals surface area contributed by atoms with E-state index in [1.165, 1.54) is 24.8 Å². The predicted octanol–water partition coefficient (Wildman–Crippen LogP) is 4.95. The van der Waals surface area contributed by atoms with E-state index in [9.17, 15) is 4.79 Å². The van der Waals surface area contributed by atoms with Crippen LogP contribution in [0.25, 0.3) is 10.9 Å². The Balaban J connectivity index is 1.88. The number of aromatic nitrogens is 1. The number of benzene rings is 1. The molecule has 1 aliphatic carbocycles. The zero-order valence-electron chi connectivity index (χ0n) is 17.4. The molecule has 1 aromatic carbocycles. The van der Waals surface area contributed by atoms with Crippen LogP contribution < -0.4 is 10.9 Å². The first-order chi connectivity index (χ1) is 13.5. The van der Waals surface area contributed by atoms with E-state index in [0.29, 0.717) is 12.6 Å². The van der Waals surface area contributed by atoms with Crippen molar-refractivity contribution in [3.63, 3.8) is 0 Å². The summed E-state index contributed by atoms with van der Waals surface area (Å²) in [7, 11) is 0. The first-order valence-electron chi connectivity index (χ1n) is 10.7. The summed E-state index contributed by atoms with van der Waals surface area (Å²) < 4.78 is 0. The number of fused-ring (bicyclic) bond motifs is 1. The van der Waals surface area contributed by atoms with E-state index in [1.807, 2.05) is 6.07 Å². The van der Waals surface area contributed by atoms with E-state index in [1.54, 1.807) is 0 Å². The molecular weight excluding hydrogens is 366 g/mol. The van der Waals surface area contributed by atoms with Crippen molar-refractivity contribution in [3.8, 4) is 0 Å². The molecule has 0 spiro atoms. The lowest BCUT2D eigenvalue weighted by atomic mass is 9.94. The van der Waals surface area contributed by atoms with E-state index in [-0.39, 0.29) is 5.56 Å². The van der Waals surface area contributed by atoms with Crippen molar-refractivity contribution in [2.24, 2.45) is 0 Å². The summed E-state index contributed by atoms with van der Waals surface area (Å²) in [5.74, 6) is 0. The molecule has 1 aliphatic rings. The summed E-state index contributed by atoms with van der Waals surface area (Å²) >= 11 is 5.75. The van der Waals surface area contributed by atoms with Crippen LogP contribution in [0.2, 0.25) is 0 Å². The summed E-state index contributed by atoms with van der Waals surface area (Å²) in [4.78, 5) is 18.2. The van der Waals surface area contributed by atoms with Crippen molar-refractivity contribution in [2.75, 3.05) is 6.54 Å². The molecule has 0 aliphatic heterocycles. The van der Waals surface area contributed by atoms with Gasteiger partial charge in [-0.1, -0.05) is 44.7 Å². The second kappa shape index (κ2) is 9.55. The van der Waals surface area contributed by atoms with E-state index < -0.39 is 0 Å². The first kappa shape index (κ1) is 20.8. The van der Waals surface area contributed by atoms with Gasteiger partial charge in [-0.25, -0.2) is 0 Å². The molecule has 0 saturated heterocycles. The number of unbranched alkanes of at least 4 members (excludes halogenated alkanes) is 1. The summed E-state index contributed by atoms with van der Waals surface area (Å²) in [5, 5.41) is 5.30. The summed E-state index contributed by atoms with van der Waals surface area (Å²) in [6, 6.07) is 6.69. The quantitative estimate of drug-likeness (QED) is 0.533. The molecule has 0 unspecified atom stereocenters. The van der Waals surface area contributed by atoms with Crippen LogP contribution in [0.4, 0.5) is 0 Å². The molecule has 0 radical (unpaired) electrons. The maximum absolute atomic E-state index is 12.9. The largest absolute Gasteiger partial charge is 0.363 e. The minimum Gasteiger partial charge on any atom is -0.363 e. The highest BCUT2D eigenvalue weighted by molar-refractivity contribution is 7.80. The number of rotatable bonds is 6. The number of H-pyrrole nitrogens is 1. The van der Waals surface area contributed by atoms with Gasteiger partial charge < -0.3 is 15.2 Å². The van der Waals surface area contributed by atoms with Crippen molar-refractivity contribution in [3.05, 3.63) is 45.2 Å². The van der Waals surface area contributed by atoms with Gasteiger partial charge >= 0.3 is 0 Å². The van der Waals surface area contributed by atoms with Gasteiger partial charge in [-0.15, -0.1) is 0 Å². The van der Waals surface area contributed by atoms with Gasteiger partial charge in [0.05, 0.1) is 12.1 Å². The van der Waals surface area contributed by atoms with Gasteiger partial charge in [0.15, 0.2) is 5.11 Å². The Hall–Kier alpha value is -1.88. The Bertz CT molecular complexity index is 883. The molecule has 5 heteroatoms. The zero-order valence-corrected chi connectivity index (χ0v) is 18.3. The molecule has 1 fully saturated rings. The average Bonchev–Trinajstić information content (AvgIpc) is 2.70. The highest BCUT2D eigenvalue weighted by Crippen LogP contribution is 2.25. The average molecular weight is 400 g/mol. The molecule has 3 rings (SSSR count). The van der Waals surface area contributed by atoms with Crippen molar-refractivity contribution >= 4 is 28.2 Å². The fraction of sp³-hybridized carbons (Fsp3) is 0.565. The third kappa shape index (κ3) is 4.75. The van der Waals surface area contributed by atoms with E-state index >= 15 is 0 Å². The molecule has 152 valence electrons. The zero-order chi connectivity index (χ0) is 20.1. The molecular formula is C23H33N3OS. The van der Waals surface area contributed by atoms with Gasteiger partial charge in [0.2, 0.25) is 0 Å². The summed E-state index contributed by atoms with van der Waals surface area (Å²) in [6.45, 7) is 7.79. The molecule has 0 atom stereocenters. The van der Waals surface area contributed by atoms with Gasteiger partial charge in [-0.05, 0) is 67.9 Å². The highest BCUT2D eigenvalue weighted by atomic mass is 32.1. The topological polar surface area (TPSA) is 48.1 Å². The SMILES string of the molecule is CCCCNC(=S)N(Cc1cc2ccc(C)c(C)c2[nH]c1=O)C1CCCCC1. The van der Waals surface area contributed by atoms with Gasteiger partial charge in [-0.3, -0.25) is 4.79 Å². The van der Waals surface area contributed by atoms with Gasteiger partial charge in [0, 0.05) is 18.2 Å². The van der Waals surface area contributed by atoms with Crippen LogP contribution >= 0.6 is 12.2 Å². The lowest BCUT2D eigenvalue weighted by molar-refractivity contribution is 0.234. The van der Waals surface area contributed by atoms with Crippen LogP contribution in [-0.4, -0.2) is 27.6 Å². The summed E-state index contributed by atoms with van der Waals surface area (Å²) in [6.07, 6.45) is 8.33. The highest BCUT2D eigenvalue weighted by Gasteiger charge is 2.24. The molecule has 0 bridgehead atoms.